The average Bonchev–Trinajstić information content (AvgIpc) is 3.07. The number of carboxylic acid groups (broad SMARTS) is 3. The predicted molar refractivity (Wildman–Crippen MR) is 199 cm³/mol. The van der Waals surface area contributed by atoms with E-state index in [2.05, 4.69) is 26.2 Å². The first kappa shape index (κ1) is 47.0. The highest BCUT2D eigenvalue weighted by Crippen LogP contribution is 2.19. The molecule has 2 atom stereocenters. The van der Waals surface area contributed by atoms with Crippen LogP contribution in [-0.4, -0.2) is 199 Å². The highest BCUT2D eigenvalue weighted by atomic mass is 33.1. The van der Waals surface area contributed by atoms with Gasteiger partial charge < -0.3 is 41.5 Å². The smallest absolute Gasteiger partial charge is 0.317 e. The van der Waals surface area contributed by atoms with Gasteiger partial charge in [0.1, 0.15) is 0 Å². The number of likely N-dealkylation sites (N-methyl/N-ethyl adjacent to an activating group) is 2. The SMILES string of the molecule is CCN1CCN(CC(=O)O)CCN(CC(=O)O)CCN(CC(=O)NCCSSCCNC(=O)CCC(NC(=O)C(CCC(=O)O)NC)C(C)=O)CC1. The Morgan fingerprint density at radius 1 is 0.615 bits per heavy atom. The molecule has 3 amide bonds. The van der Waals surface area contributed by atoms with Crippen LogP contribution in [0.1, 0.15) is 39.5 Å². The van der Waals surface area contributed by atoms with E-state index in [0.717, 1.165) is 6.54 Å². The molecular weight excluding hydrogens is 721 g/mol. The molecule has 0 aromatic carbocycles. The van der Waals surface area contributed by atoms with Gasteiger partial charge in [-0.1, -0.05) is 28.5 Å². The van der Waals surface area contributed by atoms with Crippen LogP contribution in [0.5, 0.6) is 0 Å². The first-order valence-corrected chi connectivity index (χ1v) is 20.0. The molecule has 0 radical (unpaired) electrons. The molecule has 298 valence electrons. The molecule has 0 aromatic rings. The highest BCUT2D eigenvalue weighted by molar-refractivity contribution is 8.76. The van der Waals surface area contributed by atoms with Crippen molar-refractivity contribution in [3.63, 3.8) is 0 Å². The van der Waals surface area contributed by atoms with Crippen LogP contribution in [-0.2, 0) is 33.6 Å². The Balaban J connectivity index is 2.40. The molecule has 1 saturated heterocycles. The van der Waals surface area contributed by atoms with Crippen LogP contribution in [0.4, 0.5) is 0 Å². The topological polar surface area (TPSA) is 241 Å². The van der Waals surface area contributed by atoms with Gasteiger partial charge in [0, 0.05) is 89.8 Å². The van der Waals surface area contributed by atoms with E-state index in [1.165, 1.54) is 14.0 Å². The summed E-state index contributed by atoms with van der Waals surface area (Å²) in [5.74, 6) is -2.84. The zero-order chi connectivity index (χ0) is 38.9. The van der Waals surface area contributed by atoms with Gasteiger partial charge in [0.2, 0.25) is 17.7 Å². The van der Waals surface area contributed by atoms with E-state index in [4.69, 9.17) is 5.11 Å². The van der Waals surface area contributed by atoms with Gasteiger partial charge >= 0.3 is 17.9 Å². The number of Topliss-reactive ketones (excluding diaryl/α,β-unsaturated/α-hetero) is 1. The number of ketones is 1. The van der Waals surface area contributed by atoms with Crippen LogP contribution in [0.15, 0.2) is 0 Å². The third-order valence-electron chi connectivity index (χ3n) is 8.34. The lowest BCUT2D eigenvalue weighted by Gasteiger charge is -2.33. The van der Waals surface area contributed by atoms with Gasteiger partial charge in [0.15, 0.2) is 5.78 Å². The molecule has 18 nitrogen and oxygen atoms in total. The van der Waals surface area contributed by atoms with Crippen LogP contribution >= 0.6 is 21.6 Å². The molecular formula is C32H58N8O10S2. The molecule has 1 aliphatic rings. The lowest BCUT2D eigenvalue weighted by atomic mass is 10.1. The molecule has 0 aliphatic carbocycles. The Labute approximate surface area is 313 Å². The molecule has 0 aromatic heterocycles. The van der Waals surface area contributed by atoms with Gasteiger partial charge in [0.25, 0.3) is 0 Å². The van der Waals surface area contributed by atoms with Gasteiger partial charge in [-0.2, -0.15) is 0 Å². The van der Waals surface area contributed by atoms with E-state index in [0.29, 0.717) is 77.0 Å². The summed E-state index contributed by atoms with van der Waals surface area (Å²) in [5, 5.41) is 38.6. The summed E-state index contributed by atoms with van der Waals surface area (Å²) in [6.07, 6.45) is 0.0152. The van der Waals surface area contributed by atoms with E-state index in [1.54, 1.807) is 26.5 Å². The fourth-order valence-corrected chi connectivity index (χ4v) is 7.09. The van der Waals surface area contributed by atoms with E-state index < -0.39 is 35.9 Å². The maximum atomic E-state index is 12.8. The van der Waals surface area contributed by atoms with Gasteiger partial charge in [0.05, 0.1) is 31.7 Å². The van der Waals surface area contributed by atoms with Crippen LogP contribution in [0.25, 0.3) is 0 Å². The van der Waals surface area contributed by atoms with Gasteiger partial charge in [-0.15, -0.1) is 0 Å². The van der Waals surface area contributed by atoms with Crippen molar-refractivity contribution in [3.05, 3.63) is 0 Å². The molecule has 20 heteroatoms. The second kappa shape index (κ2) is 27.6. The second-order valence-electron chi connectivity index (χ2n) is 12.4. The summed E-state index contributed by atoms with van der Waals surface area (Å²) in [5.41, 5.74) is 0. The first-order chi connectivity index (χ1) is 24.7. The molecule has 0 saturated carbocycles. The fourth-order valence-electron chi connectivity index (χ4n) is 5.28. The minimum absolute atomic E-state index is 0.0319. The summed E-state index contributed by atoms with van der Waals surface area (Å²) in [6, 6.07) is -1.63. The molecule has 1 heterocycles. The van der Waals surface area contributed by atoms with Crippen LogP contribution in [0.3, 0.4) is 0 Å². The van der Waals surface area contributed by atoms with E-state index in [-0.39, 0.29) is 62.9 Å². The lowest BCUT2D eigenvalue weighted by molar-refractivity contribution is -0.140. The Morgan fingerprint density at radius 2 is 1.06 bits per heavy atom. The van der Waals surface area contributed by atoms with Crippen molar-refractivity contribution in [2.45, 2.75) is 51.6 Å². The Morgan fingerprint density at radius 3 is 1.48 bits per heavy atom. The van der Waals surface area contributed by atoms with Crippen molar-refractivity contribution in [1.29, 1.82) is 0 Å². The molecule has 52 heavy (non-hydrogen) atoms. The van der Waals surface area contributed by atoms with Crippen LogP contribution < -0.4 is 21.3 Å². The summed E-state index contributed by atoms with van der Waals surface area (Å²) < 4.78 is 0. The van der Waals surface area contributed by atoms with Crippen molar-refractivity contribution < 1.29 is 48.9 Å². The highest BCUT2D eigenvalue weighted by Gasteiger charge is 2.24. The predicted octanol–water partition coefficient (Wildman–Crippen LogP) is -1.68. The average molecular weight is 779 g/mol. The lowest BCUT2D eigenvalue weighted by Crippen LogP contribution is -2.49. The van der Waals surface area contributed by atoms with Crippen molar-refractivity contribution >= 4 is 63.0 Å². The normalized spacial score (nSPS) is 16.8. The van der Waals surface area contributed by atoms with E-state index in [1.807, 2.05) is 16.7 Å². The molecule has 1 rings (SSSR count). The van der Waals surface area contributed by atoms with Gasteiger partial charge in [-0.05, 0) is 33.4 Å². The van der Waals surface area contributed by atoms with Crippen LogP contribution in [0, 0.1) is 0 Å². The maximum absolute atomic E-state index is 12.8. The first-order valence-electron chi connectivity index (χ1n) is 17.5. The number of nitrogens with one attached hydrogen (secondary N) is 4. The van der Waals surface area contributed by atoms with E-state index in [9.17, 15) is 43.8 Å². The monoisotopic (exact) mass is 778 g/mol. The quantitative estimate of drug-likeness (QED) is 0.0428. The third kappa shape index (κ3) is 22.8. The van der Waals surface area contributed by atoms with Gasteiger partial charge in [-0.25, -0.2) is 0 Å². The minimum Gasteiger partial charge on any atom is -0.481 e. The van der Waals surface area contributed by atoms with Crippen LogP contribution in [0.2, 0.25) is 0 Å². The standard InChI is InChI=1S/C32H58N8O10S2/c1-4-37-11-13-38(15-16-40(23-31(48)49)18-17-39(14-12-37)22-30(46)47)21-28(43)35-10-20-52-51-19-9-34-27(42)7-5-25(24(2)41)36-32(50)26(33-3)6-8-29(44)45/h25-26,33H,4-23H2,1-3H3,(H,34,42)(H,35,43)(H,36,50)(H,44,45)(H,46,47)(H,48,49). The Kier molecular flexibility index (Phi) is 24.9. The third-order valence-corrected chi connectivity index (χ3v) is 10.7. The fraction of sp³-hybridized carbons (Fsp3) is 0.781. The summed E-state index contributed by atoms with van der Waals surface area (Å²) in [7, 11) is 4.62. The number of carbonyl (C=O) groups is 7. The molecule has 1 fully saturated rings. The number of hydrogen-bond donors (Lipinski definition) is 7. The van der Waals surface area contributed by atoms with Crippen molar-refractivity contribution in [2.75, 3.05) is 110 Å². The Hall–Kier alpha value is -3.01. The molecule has 0 bridgehead atoms. The number of carboxylic acids is 3. The molecule has 2 unspecified atom stereocenters. The number of hydrogen-bond acceptors (Lipinski definition) is 14. The van der Waals surface area contributed by atoms with Crippen molar-refractivity contribution in [1.82, 2.24) is 40.9 Å². The summed E-state index contributed by atoms with van der Waals surface area (Å²) in [6.45, 7) is 9.13. The summed E-state index contributed by atoms with van der Waals surface area (Å²) >= 11 is 0. The van der Waals surface area contributed by atoms with Crippen molar-refractivity contribution in [2.24, 2.45) is 0 Å². The summed E-state index contributed by atoms with van der Waals surface area (Å²) in [4.78, 5) is 91.1. The number of nitrogens with zero attached hydrogens (tertiary/aromatic N) is 4. The molecule has 7 N–H and O–H groups in total. The number of amides is 3. The maximum Gasteiger partial charge on any atom is 0.317 e. The molecule has 1 aliphatic heterocycles. The van der Waals surface area contributed by atoms with Crippen molar-refractivity contribution in [3.8, 4) is 0 Å². The Bertz CT molecular complexity index is 1150. The zero-order valence-corrected chi connectivity index (χ0v) is 32.2. The van der Waals surface area contributed by atoms with Gasteiger partial charge in [-0.3, -0.25) is 48.3 Å². The molecule has 0 spiro atoms. The second-order valence-corrected chi connectivity index (χ2v) is 15.1. The zero-order valence-electron chi connectivity index (χ0n) is 30.6. The number of rotatable bonds is 24. The number of carbonyl (C=O) groups excluding carboxylic acids is 4. The van der Waals surface area contributed by atoms with E-state index >= 15 is 0 Å². The number of aliphatic carboxylic acids is 3. The largest absolute Gasteiger partial charge is 0.481 e. The minimum atomic E-state index is -1.03.